The van der Waals surface area contributed by atoms with Gasteiger partial charge in [-0.3, -0.25) is 0 Å². The molecule has 2 atom stereocenters. The summed E-state index contributed by atoms with van der Waals surface area (Å²) >= 11 is 0. The van der Waals surface area contributed by atoms with Crippen molar-refractivity contribution in [2.24, 2.45) is 5.73 Å². The summed E-state index contributed by atoms with van der Waals surface area (Å²) in [6.07, 6.45) is 4.53. The summed E-state index contributed by atoms with van der Waals surface area (Å²) in [5.41, 5.74) is 6.79. The van der Waals surface area contributed by atoms with Gasteiger partial charge in [0.25, 0.3) is 0 Å². The van der Waals surface area contributed by atoms with Crippen molar-refractivity contribution < 1.29 is 4.42 Å². The summed E-state index contributed by atoms with van der Waals surface area (Å²) in [4.78, 5) is 0. The normalized spacial score (nSPS) is 15.6. The zero-order chi connectivity index (χ0) is 9.68. The lowest BCUT2D eigenvalue weighted by Crippen LogP contribution is -2.34. The zero-order valence-electron chi connectivity index (χ0n) is 8.29. The molecule has 1 heterocycles. The maximum atomic E-state index is 5.66. The molecule has 74 valence electrons. The molecular weight excluding hydrogens is 164 g/mol. The molecule has 0 saturated carbocycles. The SMILES string of the molecule is CCC(C)NC(CN)c1ccoc1. The average molecular weight is 182 g/mol. The first kappa shape index (κ1) is 10.3. The summed E-state index contributed by atoms with van der Waals surface area (Å²) < 4.78 is 5.02. The van der Waals surface area contributed by atoms with Crippen molar-refractivity contribution in [3.05, 3.63) is 24.2 Å². The van der Waals surface area contributed by atoms with Crippen LogP contribution in [0.15, 0.2) is 23.0 Å². The van der Waals surface area contributed by atoms with Crippen molar-refractivity contribution in [1.29, 1.82) is 0 Å². The van der Waals surface area contributed by atoms with Crippen molar-refractivity contribution in [3.8, 4) is 0 Å². The Morgan fingerprint density at radius 3 is 2.85 bits per heavy atom. The van der Waals surface area contributed by atoms with Crippen LogP contribution >= 0.6 is 0 Å². The molecule has 0 bridgehead atoms. The highest BCUT2D eigenvalue weighted by Gasteiger charge is 2.12. The van der Waals surface area contributed by atoms with Crippen LogP contribution in [0.5, 0.6) is 0 Å². The molecule has 3 nitrogen and oxygen atoms in total. The summed E-state index contributed by atoms with van der Waals surface area (Å²) in [7, 11) is 0. The summed E-state index contributed by atoms with van der Waals surface area (Å²) in [5, 5.41) is 3.43. The molecule has 1 rings (SSSR count). The Morgan fingerprint density at radius 1 is 1.62 bits per heavy atom. The van der Waals surface area contributed by atoms with E-state index in [1.165, 1.54) is 0 Å². The van der Waals surface area contributed by atoms with E-state index < -0.39 is 0 Å². The number of rotatable bonds is 5. The zero-order valence-corrected chi connectivity index (χ0v) is 8.29. The molecule has 3 N–H and O–H groups in total. The van der Waals surface area contributed by atoms with Crippen LogP contribution in [0.4, 0.5) is 0 Å². The lowest BCUT2D eigenvalue weighted by atomic mass is 10.1. The van der Waals surface area contributed by atoms with Crippen molar-refractivity contribution in [3.63, 3.8) is 0 Å². The van der Waals surface area contributed by atoms with Gasteiger partial charge in [-0.2, -0.15) is 0 Å². The van der Waals surface area contributed by atoms with E-state index in [4.69, 9.17) is 10.2 Å². The molecule has 0 amide bonds. The first-order valence-electron chi connectivity index (χ1n) is 4.76. The highest BCUT2D eigenvalue weighted by Crippen LogP contribution is 2.13. The van der Waals surface area contributed by atoms with Crippen molar-refractivity contribution in [2.75, 3.05) is 6.54 Å². The van der Waals surface area contributed by atoms with E-state index in [2.05, 4.69) is 19.2 Å². The van der Waals surface area contributed by atoms with E-state index in [9.17, 15) is 0 Å². The van der Waals surface area contributed by atoms with Crippen molar-refractivity contribution in [2.45, 2.75) is 32.4 Å². The van der Waals surface area contributed by atoms with E-state index >= 15 is 0 Å². The standard InChI is InChI=1S/C10H18N2O/c1-3-8(2)12-10(6-11)9-4-5-13-7-9/h4-5,7-8,10,12H,3,6,11H2,1-2H3. The van der Waals surface area contributed by atoms with Crippen LogP contribution in [0.3, 0.4) is 0 Å². The number of nitrogens with one attached hydrogen (secondary N) is 1. The fraction of sp³-hybridized carbons (Fsp3) is 0.600. The van der Waals surface area contributed by atoms with E-state index in [-0.39, 0.29) is 6.04 Å². The third-order valence-electron chi connectivity index (χ3n) is 2.28. The number of hydrogen-bond donors (Lipinski definition) is 2. The Hall–Kier alpha value is -0.800. The predicted molar refractivity (Wildman–Crippen MR) is 53.4 cm³/mol. The van der Waals surface area contributed by atoms with E-state index in [1.54, 1.807) is 12.5 Å². The molecule has 0 aromatic carbocycles. The minimum atomic E-state index is 0.216. The molecule has 3 heteroatoms. The molecule has 0 saturated heterocycles. The maximum absolute atomic E-state index is 5.66. The van der Waals surface area contributed by atoms with Crippen LogP contribution in [0, 0.1) is 0 Å². The predicted octanol–water partition coefficient (Wildman–Crippen LogP) is 1.67. The largest absolute Gasteiger partial charge is 0.472 e. The monoisotopic (exact) mass is 182 g/mol. The third-order valence-corrected chi connectivity index (χ3v) is 2.28. The van der Waals surface area contributed by atoms with E-state index in [0.29, 0.717) is 12.6 Å². The highest BCUT2D eigenvalue weighted by atomic mass is 16.3. The average Bonchev–Trinajstić information content (AvgIpc) is 2.66. The molecule has 0 fully saturated rings. The minimum Gasteiger partial charge on any atom is -0.472 e. The Bertz CT molecular complexity index is 221. The Balaban J connectivity index is 2.53. The molecule has 13 heavy (non-hydrogen) atoms. The Labute approximate surface area is 79.3 Å². The Kier molecular flexibility index (Phi) is 3.99. The second-order valence-electron chi connectivity index (χ2n) is 3.32. The first-order chi connectivity index (χ1) is 6.27. The second-order valence-corrected chi connectivity index (χ2v) is 3.32. The van der Waals surface area contributed by atoms with Gasteiger partial charge in [0.15, 0.2) is 0 Å². The second kappa shape index (κ2) is 5.04. The fourth-order valence-electron chi connectivity index (χ4n) is 1.23. The molecule has 0 spiro atoms. The van der Waals surface area contributed by atoms with Gasteiger partial charge in [-0.15, -0.1) is 0 Å². The Morgan fingerprint density at radius 2 is 2.38 bits per heavy atom. The lowest BCUT2D eigenvalue weighted by Gasteiger charge is -2.19. The first-order valence-corrected chi connectivity index (χ1v) is 4.76. The quantitative estimate of drug-likeness (QED) is 0.728. The van der Waals surface area contributed by atoms with Gasteiger partial charge in [0.1, 0.15) is 0 Å². The van der Waals surface area contributed by atoms with Crippen molar-refractivity contribution in [1.82, 2.24) is 5.32 Å². The van der Waals surface area contributed by atoms with Crippen LogP contribution in [-0.2, 0) is 0 Å². The highest BCUT2D eigenvalue weighted by molar-refractivity contribution is 5.12. The minimum absolute atomic E-state index is 0.216. The molecule has 1 aromatic heterocycles. The van der Waals surface area contributed by atoms with Gasteiger partial charge in [-0.25, -0.2) is 0 Å². The van der Waals surface area contributed by atoms with Crippen LogP contribution < -0.4 is 11.1 Å². The summed E-state index contributed by atoms with van der Waals surface area (Å²) in [5.74, 6) is 0. The van der Waals surface area contributed by atoms with Crippen LogP contribution in [0.1, 0.15) is 31.9 Å². The molecule has 1 aromatic rings. The van der Waals surface area contributed by atoms with Gasteiger partial charge in [0.2, 0.25) is 0 Å². The number of furan rings is 1. The topological polar surface area (TPSA) is 51.2 Å². The van der Waals surface area contributed by atoms with Crippen LogP contribution in [0.2, 0.25) is 0 Å². The van der Waals surface area contributed by atoms with E-state index in [1.807, 2.05) is 6.07 Å². The molecular formula is C10H18N2O. The molecule has 0 aliphatic carbocycles. The third kappa shape index (κ3) is 2.86. The van der Waals surface area contributed by atoms with Gasteiger partial charge < -0.3 is 15.5 Å². The lowest BCUT2D eigenvalue weighted by molar-refractivity contribution is 0.447. The summed E-state index contributed by atoms with van der Waals surface area (Å²) in [6, 6.07) is 2.66. The fourth-order valence-corrected chi connectivity index (χ4v) is 1.23. The van der Waals surface area contributed by atoms with Crippen LogP contribution in [-0.4, -0.2) is 12.6 Å². The van der Waals surface area contributed by atoms with Gasteiger partial charge in [-0.1, -0.05) is 6.92 Å². The smallest absolute Gasteiger partial charge is 0.0950 e. The molecule has 2 unspecified atom stereocenters. The number of nitrogens with two attached hydrogens (primary N) is 1. The van der Waals surface area contributed by atoms with Gasteiger partial charge in [0, 0.05) is 24.2 Å². The van der Waals surface area contributed by atoms with Crippen LogP contribution in [0.25, 0.3) is 0 Å². The van der Waals surface area contributed by atoms with E-state index in [0.717, 1.165) is 12.0 Å². The number of hydrogen-bond acceptors (Lipinski definition) is 3. The van der Waals surface area contributed by atoms with Crippen molar-refractivity contribution >= 4 is 0 Å². The maximum Gasteiger partial charge on any atom is 0.0950 e. The molecule has 0 aliphatic rings. The van der Waals surface area contributed by atoms with Gasteiger partial charge >= 0.3 is 0 Å². The molecule has 0 aliphatic heterocycles. The van der Waals surface area contributed by atoms with Gasteiger partial charge in [0.05, 0.1) is 12.5 Å². The molecule has 0 radical (unpaired) electrons. The summed E-state index contributed by atoms with van der Waals surface area (Å²) in [6.45, 7) is 4.91. The van der Waals surface area contributed by atoms with Gasteiger partial charge in [-0.05, 0) is 19.4 Å².